The molecule has 1 fully saturated rings. The lowest BCUT2D eigenvalue weighted by Gasteiger charge is -2.22. The third kappa shape index (κ3) is 2.55. The fourth-order valence-corrected chi connectivity index (χ4v) is 2.66. The van der Waals surface area contributed by atoms with Crippen molar-refractivity contribution in [1.29, 1.82) is 5.41 Å². The predicted molar refractivity (Wildman–Crippen MR) is 77.7 cm³/mol. The second-order valence-electron chi connectivity index (χ2n) is 5.76. The molecular weight excluding hydrogens is 238 g/mol. The summed E-state index contributed by atoms with van der Waals surface area (Å²) in [5, 5.41) is 16.3. The van der Waals surface area contributed by atoms with Gasteiger partial charge in [0.2, 0.25) is 0 Å². The number of nitrogens with one attached hydrogen (secondary N) is 1. The molecule has 2 rings (SSSR count). The molecule has 0 aliphatic carbocycles. The van der Waals surface area contributed by atoms with E-state index in [1.165, 1.54) is 6.42 Å². The zero-order chi connectivity index (χ0) is 14.2. The van der Waals surface area contributed by atoms with Crippen molar-refractivity contribution in [3.05, 3.63) is 16.8 Å². The van der Waals surface area contributed by atoms with Crippen molar-refractivity contribution >= 4 is 11.7 Å². The normalized spacial score (nSPS) is 19.2. The minimum absolute atomic E-state index is 0.0819. The number of nitrogens with two attached hydrogens (primary N) is 1. The summed E-state index contributed by atoms with van der Waals surface area (Å²) < 4.78 is 0. The number of nitrogens with zero attached hydrogens (tertiary/aromatic N) is 3. The predicted octanol–water partition coefficient (Wildman–Crippen LogP) is 1.86. The molecule has 0 bridgehead atoms. The third-order valence-corrected chi connectivity index (χ3v) is 4.17. The highest BCUT2D eigenvalue weighted by molar-refractivity contribution is 6.01. The zero-order valence-corrected chi connectivity index (χ0v) is 12.2. The van der Waals surface area contributed by atoms with E-state index in [1.54, 1.807) is 0 Å². The van der Waals surface area contributed by atoms with E-state index in [-0.39, 0.29) is 5.84 Å². The fraction of sp³-hybridized carbons (Fsp3) is 0.643. The molecule has 1 saturated heterocycles. The van der Waals surface area contributed by atoms with Gasteiger partial charge in [-0.1, -0.05) is 13.8 Å². The summed E-state index contributed by atoms with van der Waals surface area (Å²) in [7, 11) is 0. The maximum Gasteiger partial charge on any atom is 0.162 e. The largest absolute Gasteiger partial charge is 0.384 e. The van der Waals surface area contributed by atoms with Gasteiger partial charge in [-0.15, -0.1) is 5.10 Å². The van der Waals surface area contributed by atoms with Gasteiger partial charge in [0.25, 0.3) is 0 Å². The molecule has 2 heterocycles. The maximum atomic E-state index is 7.80. The Morgan fingerprint density at radius 1 is 1.37 bits per heavy atom. The van der Waals surface area contributed by atoms with Crippen LogP contribution in [0, 0.1) is 31.1 Å². The first-order chi connectivity index (χ1) is 8.91. The summed E-state index contributed by atoms with van der Waals surface area (Å²) in [6.45, 7) is 10.3. The van der Waals surface area contributed by atoms with Crippen LogP contribution in [0.5, 0.6) is 0 Å². The van der Waals surface area contributed by atoms with Crippen LogP contribution < -0.4 is 10.6 Å². The number of aromatic nitrogens is 2. The van der Waals surface area contributed by atoms with Crippen LogP contribution in [0.25, 0.3) is 0 Å². The summed E-state index contributed by atoms with van der Waals surface area (Å²) in [4.78, 5) is 2.22. The lowest BCUT2D eigenvalue weighted by Crippen LogP contribution is -2.27. The number of amidine groups is 1. The van der Waals surface area contributed by atoms with Gasteiger partial charge in [0, 0.05) is 13.1 Å². The zero-order valence-electron chi connectivity index (χ0n) is 12.2. The average molecular weight is 261 g/mol. The highest BCUT2D eigenvalue weighted by Gasteiger charge is 2.28. The Bertz CT molecular complexity index is 495. The second-order valence-corrected chi connectivity index (χ2v) is 5.76. The number of anilines is 1. The molecule has 1 unspecified atom stereocenters. The van der Waals surface area contributed by atoms with Gasteiger partial charge < -0.3 is 10.6 Å². The standard InChI is InChI=1S/C14H23N5/c1-8(2)11-5-6-19(7-11)14-12(13(15)16)9(3)10(4)17-18-14/h8,11H,5-7H2,1-4H3,(H3,15,16). The van der Waals surface area contributed by atoms with Crippen molar-refractivity contribution in [2.24, 2.45) is 17.6 Å². The molecule has 19 heavy (non-hydrogen) atoms. The lowest BCUT2D eigenvalue weighted by atomic mass is 9.95. The maximum absolute atomic E-state index is 7.80. The number of rotatable bonds is 3. The van der Waals surface area contributed by atoms with Crippen molar-refractivity contribution in [2.45, 2.75) is 34.1 Å². The minimum atomic E-state index is 0.0819. The number of aryl methyl sites for hydroxylation is 1. The molecular formula is C14H23N5. The van der Waals surface area contributed by atoms with Gasteiger partial charge in [0.05, 0.1) is 11.3 Å². The Balaban J connectivity index is 2.36. The molecule has 104 valence electrons. The van der Waals surface area contributed by atoms with Gasteiger partial charge in [-0.3, -0.25) is 5.41 Å². The first-order valence-corrected chi connectivity index (χ1v) is 6.85. The fourth-order valence-electron chi connectivity index (χ4n) is 2.66. The monoisotopic (exact) mass is 261 g/mol. The quantitative estimate of drug-likeness (QED) is 0.643. The van der Waals surface area contributed by atoms with Gasteiger partial charge in [0.1, 0.15) is 5.84 Å². The van der Waals surface area contributed by atoms with Crippen molar-refractivity contribution < 1.29 is 0 Å². The van der Waals surface area contributed by atoms with E-state index >= 15 is 0 Å². The van der Waals surface area contributed by atoms with Crippen molar-refractivity contribution in [1.82, 2.24) is 10.2 Å². The third-order valence-electron chi connectivity index (χ3n) is 4.17. The van der Waals surface area contributed by atoms with Crippen LogP contribution in [0.3, 0.4) is 0 Å². The first-order valence-electron chi connectivity index (χ1n) is 6.85. The topological polar surface area (TPSA) is 78.9 Å². The van der Waals surface area contributed by atoms with Crippen molar-refractivity contribution in [3.8, 4) is 0 Å². The molecule has 0 saturated carbocycles. The van der Waals surface area contributed by atoms with Crippen LogP contribution in [-0.4, -0.2) is 29.1 Å². The molecule has 0 radical (unpaired) electrons. The second kappa shape index (κ2) is 5.15. The molecule has 5 nitrogen and oxygen atoms in total. The van der Waals surface area contributed by atoms with E-state index in [9.17, 15) is 0 Å². The number of hydrogen-bond donors (Lipinski definition) is 2. The number of hydrogen-bond acceptors (Lipinski definition) is 4. The van der Waals surface area contributed by atoms with Crippen molar-refractivity contribution in [3.63, 3.8) is 0 Å². The molecule has 1 aliphatic heterocycles. The van der Waals surface area contributed by atoms with E-state index in [4.69, 9.17) is 11.1 Å². The summed E-state index contributed by atoms with van der Waals surface area (Å²) in [6, 6.07) is 0. The summed E-state index contributed by atoms with van der Waals surface area (Å²) in [5.41, 5.74) is 8.29. The molecule has 3 N–H and O–H groups in total. The van der Waals surface area contributed by atoms with E-state index in [2.05, 4.69) is 28.9 Å². The molecule has 0 amide bonds. The van der Waals surface area contributed by atoms with Crippen LogP contribution >= 0.6 is 0 Å². The molecule has 1 atom stereocenters. The Morgan fingerprint density at radius 2 is 2.05 bits per heavy atom. The van der Waals surface area contributed by atoms with Gasteiger partial charge >= 0.3 is 0 Å². The molecule has 0 spiro atoms. The molecule has 1 aromatic heterocycles. The minimum Gasteiger partial charge on any atom is -0.384 e. The van der Waals surface area contributed by atoms with Crippen molar-refractivity contribution in [2.75, 3.05) is 18.0 Å². The van der Waals surface area contributed by atoms with Crippen LogP contribution in [0.4, 0.5) is 5.82 Å². The highest BCUT2D eigenvalue weighted by atomic mass is 15.3. The highest BCUT2D eigenvalue weighted by Crippen LogP contribution is 2.30. The molecule has 5 heteroatoms. The van der Waals surface area contributed by atoms with Gasteiger partial charge in [-0.05, 0) is 37.7 Å². The summed E-state index contributed by atoms with van der Waals surface area (Å²) in [6.07, 6.45) is 1.17. The average Bonchev–Trinajstić information content (AvgIpc) is 2.81. The molecule has 1 aliphatic rings. The van der Waals surface area contributed by atoms with Crippen LogP contribution in [0.2, 0.25) is 0 Å². The molecule has 0 aromatic carbocycles. The van der Waals surface area contributed by atoms with E-state index < -0.39 is 0 Å². The number of nitrogen functional groups attached to an aromatic ring is 1. The van der Waals surface area contributed by atoms with E-state index in [0.717, 1.165) is 35.7 Å². The lowest BCUT2D eigenvalue weighted by molar-refractivity contribution is 0.422. The first kappa shape index (κ1) is 13.8. The van der Waals surface area contributed by atoms with Crippen LogP contribution in [0.15, 0.2) is 0 Å². The smallest absolute Gasteiger partial charge is 0.162 e. The van der Waals surface area contributed by atoms with Crippen LogP contribution in [-0.2, 0) is 0 Å². The molecule has 1 aromatic rings. The van der Waals surface area contributed by atoms with Crippen LogP contribution in [0.1, 0.15) is 37.1 Å². The Labute approximate surface area is 114 Å². The Morgan fingerprint density at radius 3 is 2.58 bits per heavy atom. The summed E-state index contributed by atoms with van der Waals surface area (Å²) >= 11 is 0. The SMILES string of the molecule is Cc1nnc(N2CCC(C(C)C)C2)c(C(=N)N)c1C. The Kier molecular flexibility index (Phi) is 3.73. The Hall–Kier alpha value is -1.65. The van der Waals surface area contributed by atoms with E-state index in [1.807, 2.05) is 13.8 Å². The summed E-state index contributed by atoms with van der Waals surface area (Å²) in [5.74, 6) is 2.21. The van der Waals surface area contributed by atoms with Gasteiger partial charge in [0.15, 0.2) is 5.82 Å². The van der Waals surface area contributed by atoms with E-state index in [0.29, 0.717) is 11.8 Å². The van der Waals surface area contributed by atoms with Gasteiger partial charge in [-0.2, -0.15) is 5.10 Å². The van der Waals surface area contributed by atoms with Gasteiger partial charge in [-0.25, -0.2) is 0 Å².